The average molecular weight is 1050 g/mol. The lowest BCUT2D eigenvalue weighted by Crippen LogP contribution is -2.68. The molecule has 32 atom stereocenters. The minimum Gasteiger partial charge on any atom is -0.394 e. The van der Waals surface area contributed by atoms with Crippen LogP contribution in [0.3, 0.4) is 0 Å². The van der Waals surface area contributed by atoms with Crippen LogP contribution in [0.25, 0.3) is 0 Å². The molecule has 0 radical (unpaired) electrons. The maximum Gasteiger partial charge on any atom is 0.187 e. The molecule has 0 bridgehead atoms. The maximum absolute atomic E-state index is 12.1. The predicted molar refractivity (Wildman–Crippen MR) is 244 cm³/mol. The van der Waals surface area contributed by atoms with E-state index in [4.69, 9.17) is 47.4 Å². The molecule has 1 spiro atoms. The first-order chi connectivity index (χ1) is 34.7. The van der Waals surface area contributed by atoms with Gasteiger partial charge in [0, 0.05) is 12.3 Å². The molecule has 0 aromatic heterocycles. The third-order valence-electron chi connectivity index (χ3n) is 20.0. The van der Waals surface area contributed by atoms with Gasteiger partial charge >= 0.3 is 0 Å². The molecule has 420 valence electrons. The first-order valence-corrected chi connectivity index (χ1v) is 26.8. The van der Waals surface area contributed by atoms with Gasteiger partial charge in [-0.05, 0) is 97.7 Å². The lowest BCUT2D eigenvalue weighted by molar-refractivity contribution is -0.404. The second kappa shape index (κ2) is 21.3. The highest BCUT2D eigenvalue weighted by molar-refractivity contribution is 5.16. The van der Waals surface area contributed by atoms with Crippen LogP contribution >= 0.6 is 0 Å². The molecule has 10 aliphatic rings. The smallest absolute Gasteiger partial charge is 0.187 e. The molecule has 23 heteroatoms. The van der Waals surface area contributed by atoms with E-state index in [9.17, 15) is 66.4 Å². The van der Waals surface area contributed by atoms with Gasteiger partial charge in [-0.25, -0.2) is 0 Å². The van der Waals surface area contributed by atoms with Crippen molar-refractivity contribution in [2.75, 3.05) is 33.0 Å². The van der Waals surface area contributed by atoms with Crippen LogP contribution in [0.15, 0.2) is 0 Å². The minimum atomic E-state index is -2.01. The van der Waals surface area contributed by atoms with Gasteiger partial charge in [0.25, 0.3) is 0 Å². The standard InChI is InChI=1S/C50H82O23/c1-19-5-10-50(65-17-19)20(2)32-28(73-50)13-24-22-12-26(54)25-11-21(6-8-48(25,3)23(22)7-9-49(24,32)4)66-45-40(63)37(60)41(31(16-53)69-45)70-47-43(72-46-39(62)36(59)34(57)29(14-51)67-46)42(35(58)30(15-52)68-47)71-44-38(61)33(56)27(55)18-64-44/h19-47,51-63H,5-18H2,1-4H3/t19-,20+,21+,22-,23-,24-,25-,26-,27-,28+,29-,30-,31-,32+,33+,34-,35-,36+,37-,38-,39-,40-,41-,42+,43-,44+,45-,46+,47+,48-,49+,50-/m1/s1. The molecule has 6 saturated heterocycles. The fourth-order valence-corrected chi connectivity index (χ4v) is 15.9. The van der Waals surface area contributed by atoms with Gasteiger partial charge in [0.15, 0.2) is 30.9 Å². The van der Waals surface area contributed by atoms with E-state index >= 15 is 0 Å². The highest BCUT2D eigenvalue weighted by Gasteiger charge is 2.70. The van der Waals surface area contributed by atoms with Crippen molar-refractivity contribution in [3.63, 3.8) is 0 Å². The summed E-state index contributed by atoms with van der Waals surface area (Å²) in [5.74, 6) is 1.71. The Bertz CT molecular complexity index is 1860. The Labute approximate surface area is 424 Å². The minimum absolute atomic E-state index is 0.0758. The molecule has 73 heavy (non-hydrogen) atoms. The van der Waals surface area contributed by atoms with Crippen molar-refractivity contribution in [2.45, 2.75) is 226 Å². The van der Waals surface area contributed by atoms with Crippen molar-refractivity contribution in [1.29, 1.82) is 0 Å². The highest BCUT2D eigenvalue weighted by atomic mass is 16.8. The Hall–Kier alpha value is -0.920. The number of ether oxygens (including phenoxy) is 10. The third-order valence-corrected chi connectivity index (χ3v) is 20.0. The maximum atomic E-state index is 12.1. The molecule has 0 aromatic rings. The van der Waals surface area contributed by atoms with Crippen molar-refractivity contribution < 1.29 is 114 Å². The lowest BCUT2D eigenvalue weighted by atomic mass is 9.43. The average Bonchev–Trinajstić information content (AvgIpc) is 3.82. The Morgan fingerprint density at radius 1 is 0.493 bits per heavy atom. The second-order valence-corrected chi connectivity index (χ2v) is 24.0. The second-order valence-electron chi connectivity index (χ2n) is 24.0. The summed E-state index contributed by atoms with van der Waals surface area (Å²) in [6, 6.07) is 0. The molecule has 0 amide bonds. The number of aliphatic hydroxyl groups excluding tert-OH is 13. The largest absolute Gasteiger partial charge is 0.394 e. The van der Waals surface area contributed by atoms with Gasteiger partial charge in [-0.3, -0.25) is 0 Å². The zero-order valence-corrected chi connectivity index (χ0v) is 42.0. The molecule has 10 fully saturated rings. The molecule has 4 saturated carbocycles. The lowest BCUT2D eigenvalue weighted by Gasteiger charge is -2.62. The van der Waals surface area contributed by atoms with Crippen LogP contribution in [0.5, 0.6) is 0 Å². The summed E-state index contributed by atoms with van der Waals surface area (Å²) in [5, 5.41) is 141. The molecule has 13 N–H and O–H groups in total. The van der Waals surface area contributed by atoms with E-state index in [1.54, 1.807) is 0 Å². The van der Waals surface area contributed by atoms with Crippen molar-refractivity contribution in [2.24, 2.45) is 52.3 Å². The van der Waals surface area contributed by atoms with Crippen LogP contribution in [-0.4, -0.2) is 240 Å². The Balaban J connectivity index is 0.822. The van der Waals surface area contributed by atoms with E-state index in [2.05, 4.69) is 27.7 Å². The molecule has 4 aliphatic carbocycles. The summed E-state index contributed by atoms with van der Waals surface area (Å²) >= 11 is 0. The Morgan fingerprint density at radius 3 is 1.81 bits per heavy atom. The van der Waals surface area contributed by atoms with Crippen molar-refractivity contribution >= 4 is 0 Å². The number of aliphatic hydroxyl groups is 13. The molecular weight excluding hydrogens is 969 g/mol. The van der Waals surface area contributed by atoms with E-state index in [1.165, 1.54) is 0 Å². The van der Waals surface area contributed by atoms with Crippen molar-refractivity contribution in [3.05, 3.63) is 0 Å². The Morgan fingerprint density at radius 2 is 1.11 bits per heavy atom. The SMILES string of the molecule is C[C@@H]1CC[C@@]2(OC1)O[C@H]1C[C@@H]3[C@@H]4C[C@@H](O)[C@H]5C[C@@H](O[C@@H]6O[C@H](CO)[C@@H](O[C@@H]7O[C@H](CO)[C@@H](O)[C@H](O[C@@H]8OC[C@@H](O)[C@H](O)[C@H]8O)[C@H]7O[C@@H]7O[C@H](CO)[C@@H](O)[C@H](O)[C@H]7O)[C@H](O)[C@H]6O)CC[C@]5(C)[C@@H]4CC[C@]3(C)[C@H]1[C@@H]2C. The van der Waals surface area contributed by atoms with Gasteiger partial charge in [0.05, 0.1) is 51.3 Å². The van der Waals surface area contributed by atoms with Gasteiger partial charge in [0.2, 0.25) is 0 Å². The molecule has 6 heterocycles. The van der Waals surface area contributed by atoms with Gasteiger partial charge in [-0.1, -0.05) is 27.7 Å². The summed E-state index contributed by atoms with van der Waals surface area (Å²) in [5.41, 5.74) is -0.111. The Kier molecular flexibility index (Phi) is 16.1. The first kappa shape index (κ1) is 55.4. The molecular formula is C50H82O23. The van der Waals surface area contributed by atoms with Gasteiger partial charge in [-0.2, -0.15) is 0 Å². The highest BCUT2D eigenvalue weighted by Crippen LogP contribution is 2.71. The molecule has 23 nitrogen and oxygen atoms in total. The fourth-order valence-electron chi connectivity index (χ4n) is 15.9. The van der Waals surface area contributed by atoms with Crippen molar-refractivity contribution in [3.8, 4) is 0 Å². The quantitative estimate of drug-likeness (QED) is 0.0902. The van der Waals surface area contributed by atoms with Crippen LogP contribution in [0.2, 0.25) is 0 Å². The topological polar surface area (TPSA) is 355 Å². The van der Waals surface area contributed by atoms with E-state index in [0.717, 1.165) is 45.1 Å². The number of fused-ring (bicyclic) bond motifs is 7. The monoisotopic (exact) mass is 1050 g/mol. The molecule has 10 rings (SSSR count). The van der Waals surface area contributed by atoms with Gasteiger partial charge in [-0.15, -0.1) is 0 Å². The first-order valence-electron chi connectivity index (χ1n) is 26.8. The van der Waals surface area contributed by atoms with Crippen LogP contribution in [0.4, 0.5) is 0 Å². The number of rotatable bonds is 11. The molecule has 0 unspecified atom stereocenters. The van der Waals surface area contributed by atoms with Crippen molar-refractivity contribution in [1.82, 2.24) is 0 Å². The van der Waals surface area contributed by atoms with E-state index in [-0.39, 0.29) is 28.8 Å². The normalized spacial score (nSPS) is 58.2. The summed E-state index contributed by atoms with van der Waals surface area (Å²) in [7, 11) is 0. The molecule has 6 aliphatic heterocycles. The number of hydrogen-bond donors (Lipinski definition) is 13. The van der Waals surface area contributed by atoms with E-state index in [1.807, 2.05) is 0 Å². The van der Waals surface area contributed by atoms with Gasteiger partial charge in [0.1, 0.15) is 91.6 Å². The van der Waals surface area contributed by atoms with Gasteiger partial charge < -0.3 is 114 Å². The van der Waals surface area contributed by atoms with Crippen LogP contribution in [-0.2, 0) is 47.4 Å². The molecule has 0 aromatic carbocycles. The third kappa shape index (κ3) is 9.49. The van der Waals surface area contributed by atoms with Crippen LogP contribution < -0.4 is 0 Å². The zero-order chi connectivity index (χ0) is 52.2. The summed E-state index contributed by atoms with van der Waals surface area (Å²) in [4.78, 5) is 0. The fraction of sp³-hybridized carbons (Fsp3) is 1.00. The predicted octanol–water partition coefficient (Wildman–Crippen LogP) is -3.30. The summed E-state index contributed by atoms with van der Waals surface area (Å²) in [6.45, 7) is 7.00. The summed E-state index contributed by atoms with van der Waals surface area (Å²) < 4.78 is 61.2. The summed E-state index contributed by atoms with van der Waals surface area (Å²) in [6.07, 6.45) is -26.8. The van der Waals surface area contributed by atoms with Crippen LogP contribution in [0, 0.1) is 52.3 Å². The zero-order valence-electron chi connectivity index (χ0n) is 42.0. The van der Waals surface area contributed by atoms with E-state index < -0.39 is 161 Å². The van der Waals surface area contributed by atoms with Crippen LogP contribution in [0.1, 0.15) is 85.5 Å². The number of hydrogen-bond acceptors (Lipinski definition) is 23. The van der Waals surface area contributed by atoms with E-state index in [0.29, 0.717) is 48.9 Å².